The van der Waals surface area contributed by atoms with E-state index in [0.29, 0.717) is 22.4 Å². The molecular weight excluding hydrogens is 558 g/mol. The van der Waals surface area contributed by atoms with Crippen molar-refractivity contribution < 1.29 is 44.3 Å². The topological polar surface area (TPSA) is 200 Å². The normalized spacial score (nSPS) is 24.7. The second-order valence-electron chi connectivity index (χ2n) is 11.0. The molecule has 0 aliphatic heterocycles. The number of benzene rings is 2. The molecule has 12 heteroatoms. The number of nitrogens with one attached hydrogen (secondary N) is 1. The summed E-state index contributed by atoms with van der Waals surface area (Å²) in [5.41, 5.74) is 3.73. The van der Waals surface area contributed by atoms with Crippen LogP contribution in [0.5, 0.6) is 5.75 Å². The number of primary amides is 1. The van der Waals surface area contributed by atoms with E-state index in [1.807, 2.05) is 0 Å². The maximum absolute atomic E-state index is 13.9. The number of nitrogens with two attached hydrogens (primary N) is 1. The Kier molecular flexibility index (Phi) is 7.36. The minimum atomic E-state index is -2.70. The summed E-state index contributed by atoms with van der Waals surface area (Å²) in [7, 11) is 3.14. The van der Waals surface area contributed by atoms with Crippen molar-refractivity contribution in [2.45, 2.75) is 24.5 Å². The van der Waals surface area contributed by atoms with Crippen LogP contribution >= 0.6 is 0 Å². The molecular formula is C31H31N3O9. The van der Waals surface area contributed by atoms with Crippen LogP contribution in [-0.4, -0.2) is 81.2 Å². The number of carbonyl (C=O) groups is 4. The predicted molar refractivity (Wildman–Crippen MR) is 154 cm³/mol. The van der Waals surface area contributed by atoms with Gasteiger partial charge in [0.25, 0.3) is 5.91 Å². The second-order valence-corrected chi connectivity index (χ2v) is 11.0. The van der Waals surface area contributed by atoms with Gasteiger partial charge in [0.1, 0.15) is 29.4 Å². The summed E-state index contributed by atoms with van der Waals surface area (Å²) < 4.78 is 4.92. The van der Waals surface area contributed by atoms with Crippen LogP contribution in [0.1, 0.15) is 22.3 Å². The van der Waals surface area contributed by atoms with Crippen molar-refractivity contribution in [3.63, 3.8) is 0 Å². The number of nitrogens with zero attached hydrogens (tertiary/aromatic N) is 1. The Labute approximate surface area is 246 Å². The van der Waals surface area contributed by atoms with Crippen molar-refractivity contribution in [1.29, 1.82) is 0 Å². The van der Waals surface area contributed by atoms with Crippen molar-refractivity contribution in [3.05, 3.63) is 82.8 Å². The van der Waals surface area contributed by atoms with Gasteiger partial charge in [0.15, 0.2) is 11.4 Å². The quantitative estimate of drug-likeness (QED) is 0.215. The van der Waals surface area contributed by atoms with Gasteiger partial charge in [0, 0.05) is 17.2 Å². The molecule has 0 heterocycles. The maximum Gasteiger partial charge on any atom is 0.411 e. The van der Waals surface area contributed by atoms with E-state index in [1.54, 1.807) is 44.4 Å². The van der Waals surface area contributed by atoms with Crippen molar-refractivity contribution in [3.8, 4) is 16.9 Å². The highest BCUT2D eigenvalue weighted by Gasteiger charge is 2.63. The van der Waals surface area contributed by atoms with Gasteiger partial charge < -0.3 is 30.9 Å². The number of likely N-dealkylation sites (N-methyl/N-ethyl adjacent to an activating group) is 1. The minimum Gasteiger partial charge on any atom is -0.510 e. The lowest BCUT2D eigenvalue weighted by Crippen LogP contribution is -2.63. The van der Waals surface area contributed by atoms with E-state index in [2.05, 4.69) is 11.9 Å². The number of Topliss-reactive ketones (excluding diaryl/α,β-unsaturated/α-hetero) is 2. The molecule has 0 bridgehead atoms. The number of ether oxygens (including phenoxy) is 1. The predicted octanol–water partition coefficient (Wildman–Crippen LogP) is 2.52. The number of phenolic OH excluding ortho intramolecular Hbond substituents is 1. The molecule has 0 aromatic heterocycles. The molecule has 0 radical (unpaired) electrons. The number of anilines is 1. The Morgan fingerprint density at radius 3 is 2.42 bits per heavy atom. The van der Waals surface area contributed by atoms with Gasteiger partial charge in [-0.1, -0.05) is 30.9 Å². The minimum absolute atomic E-state index is 0.0173. The third-order valence-electron chi connectivity index (χ3n) is 8.38. The second kappa shape index (κ2) is 10.7. The van der Waals surface area contributed by atoms with E-state index in [1.165, 1.54) is 17.0 Å². The Morgan fingerprint density at radius 2 is 1.81 bits per heavy atom. The van der Waals surface area contributed by atoms with Gasteiger partial charge >= 0.3 is 6.09 Å². The third-order valence-corrected chi connectivity index (χ3v) is 8.38. The van der Waals surface area contributed by atoms with E-state index in [4.69, 9.17) is 10.5 Å². The number of aromatic hydroxyl groups is 1. The van der Waals surface area contributed by atoms with Gasteiger partial charge in [-0.2, -0.15) is 0 Å². The van der Waals surface area contributed by atoms with Gasteiger partial charge in [-0.15, -0.1) is 0 Å². The first-order valence-corrected chi connectivity index (χ1v) is 13.5. The van der Waals surface area contributed by atoms with Crippen LogP contribution in [-0.2, 0) is 20.7 Å². The number of hydrogen-bond donors (Lipinski definition) is 6. The molecule has 5 rings (SSSR count). The van der Waals surface area contributed by atoms with Gasteiger partial charge in [-0.05, 0) is 67.7 Å². The summed E-state index contributed by atoms with van der Waals surface area (Å²) >= 11 is 0. The van der Waals surface area contributed by atoms with Gasteiger partial charge in [0.05, 0.1) is 11.6 Å². The first kappa shape index (κ1) is 29.5. The van der Waals surface area contributed by atoms with Crippen LogP contribution in [0.25, 0.3) is 11.1 Å². The molecule has 4 atom stereocenters. The number of ketones is 2. The lowest BCUT2D eigenvalue weighted by atomic mass is 9.58. The first-order valence-electron chi connectivity index (χ1n) is 13.5. The summed E-state index contributed by atoms with van der Waals surface area (Å²) in [6.07, 6.45) is 0.913. The lowest BCUT2D eigenvalue weighted by molar-refractivity contribution is -0.148. The van der Waals surface area contributed by atoms with Crippen LogP contribution in [0.4, 0.5) is 10.5 Å². The molecule has 7 N–H and O–H groups in total. The standard InChI is InChI=1S/C31H31N3O9/c1-4-11-43-30(41)33-16-7-5-14(6-8-16)17-9-10-20(35)22-18(17)12-15-13-19-24(34(2)3)26(37)23(29(32)40)28(39)31(19,42)27(38)21(15)25(22)36/h4-10,15,19,24,35,37-38,42H,1,11-13H2,2-3H3,(H2,32,40)(H,33,41)/t15-,19-,24-,31-/m0/s1. The molecule has 12 nitrogen and oxygen atoms in total. The molecule has 2 amide bonds. The molecule has 3 aliphatic rings. The zero-order valence-electron chi connectivity index (χ0n) is 23.5. The Hall–Kier alpha value is -4.94. The monoisotopic (exact) mass is 589 g/mol. The lowest BCUT2D eigenvalue weighted by Gasteiger charge is -2.50. The number of hydrogen-bond acceptors (Lipinski definition) is 10. The van der Waals surface area contributed by atoms with E-state index >= 15 is 0 Å². The number of aliphatic hydroxyl groups excluding tert-OH is 2. The van der Waals surface area contributed by atoms with Crippen molar-refractivity contribution >= 4 is 29.3 Å². The van der Waals surface area contributed by atoms with Crippen LogP contribution in [0.2, 0.25) is 0 Å². The zero-order chi connectivity index (χ0) is 31.4. The highest BCUT2D eigenvalue weighted by Crippen LogP contribution is 2.53. The van der Waals surface area contributed by atoms with Crippen molar-refractivity contribution in [1.82, 2.24) is 4.90 Å². The fraction of sp³-hybridized carbons (Fsp3) is 0.290. The van der Waals surface area contributed by atoms with Gasteiger partial charge in [-0.3, -0.25) is 24.6 Å². The fourth-order valence-corrected chi connectivity index (χ4v) is 6.54. The largest absolute Gasteiger partial charge is 0.510 e. The Morgan fingerprint density at radius 1 is 1.14 bits per heavy atom. The average molecular weight is 590 g/mol. The molecule has 0 fully saturated rings. The van der Waals surface area contributed by atoms with E-state index in [0.717, 1.165) is 0 Å². The van der Waals surface area contributed by atoms with E-state index < -0.39 is 64.1 Å². The summed E-state index contributed by atoms with van der Waals surface area (Å²) in [6.45, 7) is 3.54. The fourth-order valence-electron chi connectivity index (χ4n) is 6.54. The molecule has 0 spiro atoms. The molecule has 2 aromatic carbocycles. The maximum atomic E-state index is 13.9. The molecule has 0 unspecified atom stereocenters. The average Bonchev–Trinajstić information content (AvgIpc) is 2.94. The number of aliphatic hydroxyl groups is 3. The smallest absolute Gasteiger partial charge is 0.411 e. The van der Waals surface area contributed by atoms with E-state index in [-0.39, 0.29) is 36.3 Å². The van der Waals surface area contributed by atoms with Gasteiger partial charge in [-0.25, -0.2) is 4.79 Å². The molecule has 3 aliphatic carbocycles. The summed E-state index contributed by atoms with van der Waals surface area (Å²) in [5.74, 6) is -7.06. The summed E-state index contributed by atoms with van der Waals surface area (Å²) in [5, 5.41) is 47.4. The number of rotatable bonds is 6. The molecule has 2 aromatic rings. The molecule has 0 saturated carbocycles. The molecule has 43 heavy (non-hydrogen) atoms. The van der Waals surface area contributed by atoms with E-state index in [9.17, 15) is 39.6 Å². The first-order chi connectivity index (χ1) is 20.3. The third kappa shape index (κ3) is 4.55. The van der Waals surface area contributed by atoms with Crippen LogP contribution < -0.4 is 11.1 Å². The number of fused-ring (bicyclic) bond motifs is 3. The van der Waals surface area contributed by atoms with Crippen LogP contribution in [0.3, 0.4) is 0 Å². The number of carbonyl (C=O) groups excluding carboxylic acids is 4. The number of allylic oxidation sites excluding steroid dienone is 1. The van der Waals surface area contributed by atoms with Crippen LogP contribution in [0.15, 0.2) is 71.7 Å². The Bertz CT molecular complexity index is 1640. The molecule has 0 saturated heterocycles. The highest BCUT2D eigenvalue weighted by atomic mass is 16.5. The highest BCUT2D eigenvalue weighted by molar-refractivity contribution is 6.25. The molecule has 224 valence electrons. The van der Waals surface area contributed by atoms with Crippen molar-refractivity contribution in [2.24, 2.45) is 17.6 Å². The SMILES string of the molecule is C=CCOC(=O)Nc1ccc(-c2ccc(O)c3c2C[C@H]2C[C@H]4[C@H](N(C)C)C(O)=C(C(N)=O)C(=O)[C@@]4(O)C(O)=C2C3=O)cc1. The van der Waals surface area contributed by atoms with Crippen LogP contribution in [0, 0.1) is 11.8 Å². The number of phenols is 1. The van der Waals surface area contributed by atoms with Gasteiger partial charge in [0.2, 0.25) is 5.78 Å². The summed E-state index contributed by atoms with van der Waals surface area (Å²) in [4.78, 5) is 52.8. The number of amides is 2. The summed E-state index contributed by atoms with van der Waals surface area (Å²) in [6, 6.07) is 8.64. The Balaban J connectivity index is 1.58. The zero-order valence-corrected chi connectivity index (χ0v) is 23.5. The van der Waals surface area contributed by atoms with Crippen molar-refractivity contribution in [2.75, 3.05) is 26.0 Å².